The molecule has 2 aromatic carbocycles. The second-order valence-electron chi connectivity index (χ2n) is 23.3. The Morgan fingerprint density at radius 1 is 0.519 bits per heavy atom. The molecular formula is C46H58N2O6. The van der Waals surface area contributed by atoms with Gasteiger partial charge in [-0.3, -0.25) is 20.2 Å². The van der Waals surface area contributed by atoms with Crippen LogP contribution in [0.25, 0.3) is 0 Å². The van der Waals surface area contributed by atoms with Gasteiger partial charge in [-0.25, -0.2) is 0 Å². The molecule has 288 valence electrons. The number of aromatic hydroxyl groups is 2. The molecule has 0 saturated heterocycles. The van der Waals surface area contributed by atoms with Gasteiger partial charge in [0.2, 0.25) is 0 Å². The Morgan fingerprint density at radius 2 is 0.870 bits per heavy atom. The van der Waals surface area contributed by atoms with Crippen LogP contribution in [0.1, 0.15) is 159 Å². The lowest BCUT2D eigenvalue weighted by atomic mass is 9.38. The molecule has 14 rings (SSSR count). The Bertz CT molecular complexity index is 1860. The zero-order valence-corrected chi connectivity index (χ0v) is 32.7. The van der Waals surface area contributed by atoms with Crippen LogP contribution in [0.4, 0.5) is 11.4 Å². The summed E-state index contributed by atoms with van der Waals surface area (Å²) >= 11 is 0. The van der Waals surface area contributed by atoms with Crippen LogP contribution in [-0.2, 0) is 16.2 Å². The monoisotopic (exact) mass is 734 g/mol. The number of nitrogens with zero attached hydrogens (tertiary/aromatic N) is 2. The zero-order chi connectivity index (χ0) is 37.6. The van der Waals surface area contributed by atoms with E-state index < -0.39 is 5.41 Å². The Balaban J connectivity index is 1.17. The highest BCUT2D eigenvalue weighted by molar-refractivity contribution is 5.64. The van der Waals surface area contributed by atoms with Gasteiger partial charge in [0.25, 0.3) is 0 Å². The molecule has 0 amide bonds. The molecule has 8 nitrogen and oxygen atoms in total. The van der Waals surface area contributed by atoms with E-state index in [-0.39, 0.29) is 77.0 Å². The first kappa shape index (κ1) is 34.1. The molecule has 4 unspecified atom stereocenters. The normalized spacial score (nSPS) is 48.8. The van der Waals surface area contributed by atoms with Crippen molar-refractivity contribution in [3.63, 3.8) is 0 Å². The van der Waals surface area contributed by atoms with Crippen LogP contribution in [0.5, 0.6) is 11.5 Å². The van der Waals surface area contributed by atoms with Crippen molar-refractivity contribution < 1.29 is 20.1 Å². The number of rotatable bonds is 6. The fraction of sp³-hybridized carbons (Fsp3) is 0.739. The summed E-state index contributed by atoms with van der Waals surface area (Å²) < 4.78 is 0. The molecule has 8 heteroatoms. The summed E-state index contributed by atoms with van der Waals surface area (Å²) in [5.74, 6) is 2.32. The van der Waals surface area contributed by atoms with Crippen molar-refractivity contribution in [2.24, 2.45) is 57.2 Å². The van der Waals surface area contributed by atoms with E-state index in [9.17, 15) is 30.4 Å². The van der Waals surface area contributed by atoms with E-state index >= 15 is 0 Å². The van der Waals surface area contributed by atoms with Crippen molar-refractivity contribution in [2.45, 2.75) is 153 Å². The molecule has 0 radical (unpaired) electrons. The van der Waals surface area contributed by atoms with Crippen LogP contribution < -0.4 is 0 Å². The topological polar surface area (TPSA) is 127 Å². The Labute approximate surface area is 319 Å². The SMILES string of the molecule is CC12CC3CC(C)(C1)CC(c1cc(C4(c5cc([N+](=O)[O-])c(O)c(C67CC8CC(C)(CC(C)(C8)C6)C7)c5)C5CC6CC(C5)CC4C6)cc([N+](=O)[O-])c1O)(C3)C2. The molecule has 12 bridgehead atoms. The largest absolute Gasteiger partial charge is 0.502 e. The molecule has 12 aliphatic rings. The average molecular weight is 735 g/mol. The van der Waals surface area contributed by atoms with Crippen LogP contribution in [0.2, 0.25) is 0 Å². The van der Waals surface area contributed by atoms with Crippen LogP contribution in [-0.4, -0.2) is 20.1 Å². The number of phenolic OH excluding ortho intramolecular Hbond substituents is 2. The van der Waals surface area contributed by atoms with Gasteiger partial charge < -0.3 is 10.2 Å². The van der Waals surface area contributed by atoms with Crippen LogP contribution in [0.3, 0.4) is 0 Å². The van der Waals surface area contributed by atoms with Crippen molar-refractivity contribution in [1.82, 2.24) is 0 Å². The number of hydrogen-bond acceptors (Lipinski definition) is 6. The lowest BCUT2D eigenvalue weighted by Crippen LogP contribution is -2.58. The molecule has 2 N–H and O–H groups in total. The van der Waals surface area contributed by atoms with E-state index in [0.29, 0.717) is 23.7 Å². The first-order valence-electron chi connectivity index (χ1n) is 21.4. The highest BCUT2D eigenvalue weighted by Gasteiger charge is 2.65. The van der Waals surface area contributed by atoms with Crippen molar-refractivity contribution in [1.29, 1.82) is 0 Å². The maximum absolute atomic E-state index is 13.1. The summed E-state index contributed by atoms with van der Waals surface area (Å²) in [5.41, 5.74) is 2.09. The molecule has 12 aliphatic carbocycles. The van der Waals surface area contributed by atoms with Gasteiger partial charge in [-0.1, -0.05) is 39.8 Å². The molecule has 54 heavy (non-hydrogen) atoms. The summed E-state index contributed by atoms with van der Waals surface area (Å²) in [6.07, 6.45) is 18.0. The van der Waals surface area contributed by atoms with E-state index in [1.165, 1.54) is 32.1 Å². The number of hydrogen-bond donors (Lipinski definition) is 2. The van der Waals surface area contributed by atoms with Crippen LogP contribution in [0, 0.1) is 77.4 Å². The van der Waals surface area contributed by atoms with Gasteiger partial charge in [-0.05, 0) is 177 Å². The molecule has 0 heterocycles. The second kappa shape index (κ2) is 10.2. The Morgan fingerprint density at radius 3 is 1.19 bits per heavy atom. The van der Waals surface area contributed by atoms with Crippen LogP contribution >= 0.6 is 0 Å². The minimum Gasteiger partial charge on any atom is -0.502 e. The summed E-state index contributed by atoms with van der Waals surface area (Å²) in [5, 5.41) is 50.4. The van der Waals surface area contributed by atoms with Crippen molar-refractivity contribution in [3.05, 3.63) is 66.7 Å². The zero-order valence-electron chi connectivity index (χ0n) is 32.7. The Kier molecular flexibility index (Phi) is 6.46. The van der Waals surface area contributed by atoms with E-state index in [4.69, 9.17) is 0 Å². The number of phenols is 2. The average Bonchev–Trinajstić information content (AvgIpc) is 3.01. The maximum Gasteiger partial charge on any atom is 0.311 e. The van der Waals surface area contributed by atoms with Gasteiger partial charge in [-0.2, -0.15) is 0 Å². The molecule has 12 saturated carbocycles. The van der Waals surface area contributed by atoms with E-state index in [2.05, 4.69) is 39.8 Å². The predicted molar refractivity (Wildman–Crippen MR) is 206 cm³/mol. The predicted octanol–water partition coefficient (Wildman–Crippen LogP) is 11.2. The number of nitro benzene ring substituents is 2. The summed E-state index contributed by atoms with van der Waals surface area (Å²) in [6, 6.07) is 7.79. The smallest absolute Gasteiger partial charge is 0.311 e. The highest BCUT2D eigenvalue weighted by atomic mass is 16.6. The van der Waals surface area contributed by atoms with Gasteiger partial charge in [0.15, 0.2) is 11.5 Å². The highest BCUT2D eigenvalue weighted by Crippen LogP contribution is 2.74. The molecule has 0 aliphatic heterocycles. The van der Waals surface area contributed by atoms with E-state index in [1.807, 2.05) is 0 Å². The third kappa shape index (κ3) is 4.43. The standard InChI is InChI=1S/C46H58N2O6/c1-40-14-28-15-41(2,20-40)23-44(18-28,22-40)34-10-32(12-36(38(34)49)47(51)52)46(30-6-26-5-27(8-30)9-31(46)7-26)33-11-35(39(50)37(13-33)48(53)54)45-19-29-16-42(3,24-45)21-43(4,17-29)25-45/h10-13,26-31,49-50H,5-9,14-25H2,1-4H3. The summed E-state index contributed by atoms with van der Waals surface area (Å²) in [4.78, 5) is 25.4. The van der Waals surface area contributed by atoms with Gasteiger partial charge in [0.1, 0.15) is 0 Å². The third-order valence-corrected chi connectivity index (χ3v) is 18.3. The van der Waals surface area contributed by atoms with Gasteiger partial charge in [0.05, 0.1) is 9.85 Å². The molecule has 12 fully saturated rings. The third-order valence-electron chi connectivity index (χ3n) is 18.3. The fourth-order valence-electron chi connectivity index (χ4n) is 19.3. The maximum atomic E-state index is 13.1. The lowest BCUT2D eigenvalue weighted by Gasteiger charge is -2.66. The summed E-state index contributed by atoms with van der Waals surface area (Å²) in [6.45, 7) is 9.62. The Hall–Kier alpha value is -3.16. The quantitative estimate of drug-likeness (QED) is 0.225. The van der Waals surface area contributed by atoms with Crippen molar-refractivity contribution in [2.75, 3.05) is 0 Å². The number of nitro groups is 2. The molecule has 0 spiro atoms. The minimum absolute atomic E-state index is 0.142. The van der Waals surface area contributed by atoms with E-state index in [0.717, 1.165) is 99.3 Å². The molecule has 0 aromatic heterocycles. The second-order valence-corrected chi connectivity index (χ2v) is 23.3. The molecule has 4 atom stereocenters. The van der Waals surface area contributed by atoms with Gasteiger partial charge in [0, 0.05) is 39.5 Å². The van der Waals surface area contributed by atoms with Gasteiger partial charge in [-0.15, -0.1) is 0 Å². The van der Waals surface area contributed by atoms with Crippen molar-refractivity contribution >= 4 is 11.4 Å². The fourth-order valence-corrected chi connectivity index (χ4v) is 19.3. The van der Waals surface area contributed by atoms with Crippen molar-refractivity contribution in [3.8, 4) is 11.5 Å². The molecule has 2 aromatic rings. The number of benzene rings is 2. The first-order chi connectivity index (χ1) is 25.4. The lowest BCUT2D eigenvalue weighted by molar-refractivity contribution is -0.386. The van der Waals surface area contributed by atoms with Gasteiger partial charge >= 0.3 is 11.4 Å². The molecular weight excluding hydrogens is 677 g/mol. The first-order valence-corrected chi connectivity index (χ1v) is 21.4. The minimum atomic E-state index is -0.681. The van der Waals surface area contributed by atoms with Crippen LogP contribution in [0.15, 0.2) is 24.3 Å². The van der Waals surface area contributed by atoms with E-state index in [1.54, 1.807) is 12.1 Å². The summed E-state index contributed by atoms with van der Waals surface area (Å²) in [7, 11) is 0.